The van der Waals surface area contributed by atoms with Crippen LogP contribution in [0.2, 0.25) is 0 Å². The van der Waals surface area contributed by atoms with E-state index in [1.165, 1.54) is 134 Å². The summed E-state index contributed by atoms with van der Waals surface area (Å²) in [6.45, 7) is 9.00. The summed E-state index contributed by atoms with van der Waals surface area (Å²) in [6.07, 6.45) is 34.1. The number of unbranched alkanes of at least 4 members (excludes halogenated alkanes) is 15. The molecule has 0 aliphatic heterocycles. The average molecular weight is 456 g/mol. The summed E-state index contributed by atoms with van der Waals surface area (Å²) in [6, 6.07) is 0. The van der Waals surface area contributed by atoms with Crippen molar-refractivity contribution in [3.8, 4) is 0 Å². The van der Waals surface area contributed by atoms with Crippen molar-refractivity contribution in [2.24, 2.45) is 0 Å². The molecule has 0 aliphatic carbocycles. The molecule has 0 rings (SSSR count). The Morgan fingerprint density at radius 2 is 0.871 bits per heavy atom. The zero-order valence-electron chi connectivity index (χ0n) is 22.2. The first-order valence-corrected chi connectivity index (χ1v) is 16.7. The molecule has 0 aromatic rings. The van der Waals surface area contributed by atoms with Gasteiger partial charge in [0.15, 0.2) is 5.85 Å². The van der Waals surface area contributed by atoms with Crippen LogP contribution in [-0.2, 0) is 0 Å². The monoisotopic (exact) mass is 455 g/mol. The quantitative estimate of drug-likeness (QED) is 0.0871. The molecule has 0 saturated heterocycles. The molecule has 1 nitrogen and oxygen atoms in total. The molecule has 1 unspecified atom stereocenters. The highest BCUT2D eigenvalue weighted by atomic mass is 31.2. The van der Waals surface area contributed by atoms with Crippen molar-refractivity contribution in [2.75, 3.05) is 18.5 Å². The fraction of sp³-hybridized carbons (Fsp3) is 0.931. The van der Waals surface area contributed by atoms with Gasteiger partial charge in [-0.25, -0.2) is 0 Å². The fourth-order valence-corrected chi connectivity index (χ4v) is 9.58. The predicted octanol–water partition coefficient (Wildman–Crippen LogP) is 10.4. The van der Waals surface area contributed by atoms with Crippen LogP contribution < -0.4 is 0 Å². The third kappa shape index (κ3) is 17.3. The van der Waals surface area contributed by atoms with E-state index in [2.05, 4.69) is 39.8 Å². The number of hydrogen-bond donors (Lipinski definition) is 1. The van der Waals surface area contributed by atoms with Gasteiger partial charge in [-0.15, -0.1) is 0 Å². The molecule has 0 heterocycles. The van der Waals surface area contributed by atoms with Crippen LogP contribution in [0.25, 0.3) is 0 Å². The average Bonchev–Trinajstić information content (AvgIpc) is 2.78. The van der Waals surface area contributed by atoms with Gasteiger partial charge < -0.3 is 5.11 Å². The van der Waals surface area contributed by atoms with Crippen molar-refractivity contribution in [3.05, 3.63) is 12.2 Å². The largest absolute Gasteiger partial charge is 0.359 e. The zero-order chi connectivity index (χ0) is 23.0. The second kappa shape index (κ2) is 23.3. The molecular formula is C29H60OP+. The van der Waals surface area contributed by atoms with E-state index < -0.39 is 7.26 Å². The molecule has 186 valence electrons. The Bertz CT molecular complexity index is 338. The number of aliphatic hydroxyl groups is 1. The van der Waals surface area contributed by atoms with Crippen molar-refractivity contribution in [3.63, 3.8) is 0 Å². The van der Waals surface area contributed by atoms with Crippen LogP contribution in [-0.4, -0.2) is 29.4 Å². The molecule has 0 aliphatic rings. The smallest absolute Gasteiger partial charge is 0.167 e. The third-order valence-corrected chi connectivity index (χ3v) is 12.2. The van der Waals surface area contributed by atoms with Crippen LogP contribution in [0.5, 0.6) is 0 Å². The van der Waals surface area contributed by atoms with Gasteiger partial charge in [0.25, 0.3) is 0 Å². The lowest BCUT2D eigenvalue weighted by Crippen LogP contribution is -2.22. The second-order valence-corrected chi connectivity index (χ2v) is 14.4. The van der Waals surface area contributed by atoms with Crippen LogP contribution in [0.4, 0.5) is 0 Å². The van der Waals surface area contributed by atoms with Gasteiger partial charge >= 0.3 is 0 Å². The van der Waals surface area contributed by atoms with E-state index in [0.29, 0.717) is 0 Å². The molecule has 1 N–H and O–H groups in total. The standard InChI is InChI=1S/C29H60OP/c1-5-9-13-16-19-22-26-31(29(30)25-12-8-4,27-23-20-17-14-10-6-2)28-24-21-18-15-11-7-3/h8,12,29-30H,5-7,9-11,13-28H2,1-4H3/q+1. The maximum Gasteiger partial charge on any atom is 0.167 e. The minimum atomic E-state index is -1.28. The normalized spacial score (nSPS) is 13.3. The Kier molecular flexibility index (Phi) is 23.4. The molecule has 0 radical (unpaired) electrons. The zero-order valence-corrected chi connectivity index (χ0v) is 23.1. The van der Waals surface area contributed by atoms with E-state index in [1.807, 2.05) is 0 Å². The number of hydrogen-bond acceptors (Lipinski definition) is 1. The van der Waals surface area contributed by atoms with Gasteiger partial charge in [0.2, 0.25) is 0 Å². The molecule has 2 heteroatoms. The van der Waals surface area contributed by atoms with E-state index in [4.69, 9.17) is 0 Å². The van der Waals surface area contributed by atoms with Gasteiger partial charge in [-0.1, -0.05) is 110 Å². The van der Waals surface area contributed by atoms with Gasteiger partial charge in [-0.3, -0.25) is 0 Å². The maximum atomic E-state index is 11.4. The Morgan fingerprint density at radius 3 is 1.19 bits per heavy atom. The minimum Gasteiger partial charge on any atom is -0.359 e. The lowest BCUT2D eigenvalue weighted by Gasteiger charge is -2.32. The van der Waals surface area contributed by atoms with Gasteiger partial charge in [-0.2, -0.15) is 0 Å². The van der Waals surface area contributed by atoms with Gasteiger partial charge in [0, 0.05) is 13.7 Å². The summed E-state index contributed by atoms with van der Waals surface area (Å²) < 4.78 is 0. The van der Waals surface area contributed by atoms with Crippen molar-refractivity contribution < 1.29 is 5.11 Å². The fourth-order valence-electron chi connectivity index (χ4n) is 4.88. The molecule has 0 saturated carbocycles. The number of aliphatic hydroxyl groups excluding tert-OH is 1. The van der Waals surface area contributed by atoms with E-state index >= 15 is 0 Å². The highest BCUT2D eigenvalue weighted by molar-refractivity contribution is 7.76. The van der Waals surface area contributed by atoms with Crippen LogP contribution >= 0.6 is 7.26 Å². The van der Waals surface area contributed by atoms with E-state index in [0.717, 1.165) is 6.42 Å². The first kappa shape index (κ1) is 31.1. The third-order valence-electron chi connectivity index (χ3n) is 7.09. The SMILES string of the molecule is CC=CCC(O)[P+](CCCCCCCC)(CCCCCCCC)CCCCCCCC. The maximum absolute atomic E-state index is 11.4. The molecule has 0 aromatic carbocycles. The molecular weight excluding hydrogens is 395 g/mol. The number of allylic oxidation sites excluding steroid dienone is 1. The van der Waals surface area contributed by atoms with Crippen molar-refractivity contribution in [2.45, 2.75) is 156 Å². The Hall–Kier alpha value is 0.130. The van der Waals surface area contributed by atoms with E-state index in [9.17, 15) is 5.11 Å². The van der Waals surface area contributed by atoms with Gasteiger partial charge in [-0.05, 0) is 45.4 Å². The molecule has 1 atom stereocenters. The Morgan fingerprint density at radius 1 is 0.548 bits per heavy atom. The predicted molar refractivity (Wildman–Crippen MR) is 147 cm³/mol. The van der Waals surface area contributed by atoms with Crippen molar-refractivity contribution in [1.82, 2.24) is 0 Å². The summed E-state index contributed by atoms with van der Waals surface area (Å²) >= 11 is 0. The van der Waals surface area contributed by atoms with Crippen molar-refractivity contribution in [1.29, 1.82) is 0 Å². The molecule has 0 fully saturated rings. The highest BCUT2D eigenvalue weighted by Crippen LogP contribution is 2.65. The minimum absolute atomic E-state index is 0.0503. The lowest BCUT2D eigenvalue weighted by atomic mass is 10.1. The summed E-state index contributed by atoms with van der Waals surface area (Å²) in [5.41, 5.74) is 0. The topological polar surface area (TPSA) is 20.2 Å². The van der Waals surface area contributed by atoms with E-state index in [1.54, 1.807) is 0 Å². The molecule has 31 heavy (non-hydrogen) atoms. The lowest BCUT2D eigenvalue weighted by molar-refractivity contribution is 0.256. The second-order valence-electron chi connectivity index (χ2n) is 9.98. The Balaban J connectivity index is 4.89. The molecule has 0 spiro atoms. The first-order chi connectivity index (χ1) is 15.2. The van der Waals surface area contributed by atoms with Crippen molar-refractivity contribution >= 4 is 7.26 Å². The number of rotatable bonds is 24. The van der Waals surface area contributed by atoms with E-state index in [-0.39, 0.29) is 5.85 Å². The molecule has 0 aromatic heterocycles. The summed E-state index contributed by atoms with van der Waals surface area (Å²) in [4.78, 5) is 0. The van der Waals surface area contributed by atoms with Crippen LogP contribution in [0.15, 0.2) is 12.2 Å². The summed E-state index contributed by atoms with van der Waals surface area (Å²) in [5.74, 6) is -0.0503. The molecule has 0 amide bonds. The van der Waals surface area contributed by atoms with Crippen LogP contribution in [0.1, 0.15) is 150 Å². The summed E-state index contributed by atoms with van der Waals surface area (Å²) in [7, 11) is -1.28. The molecule has 0 bridgehead atoms. The Labute approximate surface area is 198 Å². The van der Waals surface area contributed by atoms with Gasteiger partial charge in [0.1, 0.15) is 0 Å². The highest BCUT2D eigenvalue weighted by Gasteiger charge is 2.42. The van der Waals surface area contributed by atoms with Crippen LogP contribution in [0, 0.1) is 0 Å². The van der Waals surface area contributed by atoms with Gasteiger partial charge in [0.05, 0.1) is 18.5 Å². The van der Waals surface area contributed by atoms with Crippen LogP contribution in [0.3, 0.4) is 0 Å². The first-order valence-electron chi connectivity index (χ1n) is 14.3. The summed E-state index contributed by atoms with van der Waals surface area (Å²) in [5, 5.41) is 11.4.